The number of hydrogen-bond donors (Lipinski definition) is 0. The quantitative estimate of drug-likeness (QED) is 0.670. The van der Waals surface area contributed by atoms with Gasteiger partial charge in [0, 0.05) is 0 Å². The van der Waals surface area contributed by atoms with Crippen molar-refractivity contribution in [1.29, 1.82) is 0 Å². The first kappa shape index (κ1) is 13.0. The summed E-state index contributed by atoms with van der Waals surface area (Å²) in [5.74, 6) is 0. The molecule has 2 rings (SSSR count). The highest BCUT2D eigenvalue weighted by Crippen LogP contribution is 2.06. The van der Waals surface area contributed by atoms with Crippen LogP contribution in [-0.4, -0.2) is 4.57 Å². The van der Waals surface area contributed by atoms with Crippen LogP contribution in [0.3, 0.4) is 0 Å². The Balaban J connectivity index is 0.00000128. The van der Waals surface area contributed by atoms with Crippen LogP contribution in [0.4, 0.5) is 0 Å². The van der Waals surface area contributed by atoms with Gasteiger partial charge in [0.1, 0.15) is 18.1 Å². The van der Waals surface area contributed by atoms with Gasteiger partial charge in [-0.3, -0.25) is 0 Å². The first-order valence-electron chi connectivity index (χ1n) is 5.44. The zero-order chi connectivity index (χ0) is 10.7. The number of halogens is 1. The van der Waals surface area contributed by atoms with Gasteiger partial charge in [-0.1, -0.05) is 25.1 Å². The Morgan fingerprint density at radius 3 is 2.69 bits per heavy atom. The summed E-state index contributed by atoms with van der Waals surface area (Å²) in [5, 5.41) is 0. The topological polar surface area (TPSA) is 8.81 Å². The Bertz CT molecular complexity index is 449. The second-order valence-electron chi connectivity index (χ2n) is 3.85. The van der Waals surface area contributed by atoms with Crippen LogP contribution in [0.1, 0.15) is 18.9 Å². The van der Waals surface area contributed by atoms with E-state index in [4.69, 9.17) is 0 Å². The molecule has 16 heavy (non-hydrogen) atoms. The first-order chi connectivity index (χ1) is 7.31. The second-order valence-corrected chi connectivity index (χ2v) is 3.85. The zero-order valence-corrected chi connectivity index (χ0v) is 11.3. The van der Waals surface area contributed by atoms with E-state index in [-0.39, 0.29) is 17.0 Å². The maximum Gasteiger partial charge on any atom is 0.248 e. The number of nitrogens with zero attached hydrogens (tertiary/aromatic N) is 2. The van der Waals surface area contributed by atoms with Crippen molar-refractivity contribution >= 4 is 0 Å². The molecule has 0 saturated heterocycles. The number of aryl methyl sites for hydroxylation is 2. The molecule has 3 heteroatoms. The van der Waals surface area contributed by atoms with Gasteiger partial charge in [-0.05, 0) is 25.0 Å². The van der Waals surface area contributed by atoms with Gasteiger partial charge in [0.25, 0.3) is 0 Å². The molecule has 0 radical (unpaired) electrons. The van der Waals surface area contributed by atoms with Crippen LogP contribution >= 0.6 is 0 Å². The van der Waals surface area contributed by atoms with Crippen molar-refractivity contribution in [3.63, 3.8) is 0 Å². The highest BCUT2D eigenvalue weighted by atomic mass is 79.9. The number of imidazole rings is 1. The second kappa shape index (κ2) is 5.85. The van der Waals surface area contributed by atoms with Crippen LogP contribution in [0, 0.1) is 6.92 Å². The van der Waals surface area contributed by atoms with Crippen LogP contribution in [0.15, 0.2) is 43.0 Å². The molecule has 0 atom stereocenters. The largest absolute Gasteiger partial charge is 1.00 e. The van der Waals surface area contributed by atoms with Gasteiger partial charge in [-0.2, -0.15) is 0 Å². The number of hydrogen-bond acceptors (Lipinski definition) is 0. The molecule has 2 nitrogen and oxygen atoms in total. The van der Waals surface area contributed by atoms with E-state index in [0.717, 1.165) is 6.54 Å². The van der Waals surface area contributed by atoms with Crippen LogP contribution in [0.2, 0.25) is 0 Å². The van der Waals surface area contributed by atoms with E-state index in [0.29, 0.717) is 0 Å². The predicted octanol–water partition coefficient (Wildman–Crippen LogP) is -0.513. The highest BCUT2D eigenvalue weighted by molar-refractivity contribution is 5.31. The molecule has 0 saturated carbocycles. The number of benzene rings is 1. The van der Waals surface area contributed by atoms with Crippen molar-refractivity contribution in [3.8, 4) is 5.69 Å². The number of rotatable bonds is 3. The third-order valence-corrected chi connectivity index (χ3v) is 2.57. The molecule has 0 aliphatic heterocycles. The van der Waals surface area contributed by atoms with Crippen molar-refractivity contribution in [2.45, 2.75) is 26.8 Å². The Hall–Kier alpha value is -1.09. The molecule has 0 spiro atoms. The third kappa shape index (κ3) is 2.73. The molecule has 0 amide bonds. The third-order valence-electron chi connectivity index (χ3n) is 2.57. The summed E-state index contributed by atoms with van der Waals surface area (Å²) in [4.78, 5) is 0. The summed E-state index contributed by atoms with van der Waals surface area (Å²) in [7, 11) is 0. The molecule has 0 bridgehead atoms. The average Bonchev–Trinajstić information content (AvgIpc) is 2.68. The van der Waals surface area contributed by atoms with Crippen molar-refractivity contribution in [3.05, 3.63) is 48.5 Å². The SMILES string of the molecule is CCCn1cc[n+](-c2ccccc2C)c1.[Br-]. The normalized spacial score (nSPS) is 9.88. The highest BCUT2D eigenvalue weighted by Gasteiger charge is 2.07. The lowest BCUT2D eigenvalue weighted by Crippen LogP contribution is -3.00. The summed E-state index contributed by atoms with van der Waals surface area (Å²) in [6.45, 7) is 5.41. The van der Waals surface area contributed by atoms with Gasteiger partial charge in [0.05, 0.1) is 6.54 Å². The summed E-state index contributed by atoms with van der Waals surface area (Å²) < 4.78 is 4.39. The minimum atomic E-state index is 0. The average molecular weight is 281 g/mol. The Morgan fingerprint density at radius 2 is 2.00 bits per heavy atom. The standard InChI is InChI=1S/C13H17N2.BrH/c1-3-8-14-9-10-15(11-14)13-7-5-4-6-12(13)2;/h4-7,9-11H,3,8H2,1-2H3;1H/q+1;/p-1. The van der Waals surface area contributed by atoms with Gasteiger partial charge in [-0.25, -0.2) is 9.13 Å². The minimum absolute atomic E-state index is 0. The minimum Gasteiger partial charge on any atom is -1.00 e. The van der Waals surface area contributed by atoms with Crippen LogP contribution in [0.25, 0.3) is 5.69 Å². The molecule has 86 valence electrons. The maximum atomic E-state index is 2.21. The van der Waals surface area contributed by atoms with Crippen molar-refractivity contribution in [2.24, 2.45) is 0 Å². The monoisotopic (exact) mass is 280 g/mol. The van der Waals surface area contributed by atoms with Crippen LogP contribution < -0.4 is 21.5 Å². The molecular weight excluding hydrogens is 264 g/mol. The van der Waals surface area contributed by atoms with E-state index >= 15 is 0 Å². The van der Waals surface area contributed by atoms with E-state index < -0.39 is 0 Å². The fourth-order valence-electron chi connectivity index (χ4n) is 1.78. The fourth-order valence-corrected chi connectivity index (χ4v) is 1.78. The summed E-state index contributed by atoms with van der Waals surface area (Å²) in [6.07, 6.45) is 7.54. The van der Waals surface area contributed by atoms with Crippen LogP contribution in [-0.2, 0) is 6.54 Å². The van der Waals surface area contributed by atoms with Gasteiger partial charge in [0.15, 0.2) is 0 Å². The smallest absolute Gasteiger partial charge is 0.248 e. The van der Waals surface area contributed by atoms with Gasteiger partial charge in [-0.15, -0.1) is 0 Å². The van der Waals surface area contributed by atoms with E-state index in [1.54, 1.807) is 0 Å². The van der Waals surface area contributed by atoms with Crippen molar-refractivity contribution in [1.82, 2.24) is 4.57 Å². The van der Waals surface area contributed by atoms with Gasteiger partial charge < -0.3 is 17.0 Å². The van der Waals surface area contributed by atoms with E-state index in [1.807, 2.05) is 0 Å². The molecule has 1 aromatic heterocycles. The number of aromatic nitrogens is 2. The molecule has 2 aromatic rings. The van der Waals surface area contributed by atoms with Crippen molar-refractivity contribution in [2.75, 3.05) is 0 Å². The Labute approximate surface area is 107 Å². The zero-order valence-electron chi connectivity index (χ0n) is 9.73. The molecule has 0 aliphatic carbocycles. The molecule has 1 heterocycles. The van der Waals surface area contributed by atoms with E-state index in [2.05, 4.69) is 66.0 Å². The molecule has 0 unspecified atom stereocenters. The Morgan fingerprint density at radius 1 is 1.25 bits per heavy atom. The Kier molecular flexibility index (Phi) is 4.74. The van der Waals surface area contributed by atoms with E-state index in [9.17, 15) is 0 Å². The fraction of sp³-hybridized carbons (Fsp3) is 0.308. The lowest BCUT2D eigenvalue weighted by molar-refractivity contribution is -0.595. The number of para-hydroxylation sites is 1. The molecule has 0 fully saturated rings. The lowest BCUT2D eigenvalue weighted by atomic mass is 10.2. The molecule has 0 aliphatic rings. The lowest BCUT2D eigenvalue weighted by Gasteiger charge is -1.99. The molecule has 1 aromatic carbocycles. The van der Waals surface area contributed by atoms with Crippen LogP contribution in [0.5, 0.6) is 0 Å². The van der Waals surface area contributed by atoms with E-state index in [1.165, 1.54) is 17.7 Å². The summed E-state index contributed by atoms with van der Waals surface area (Å²) in [5.41, 5.74) is 2.56. The van der Waals surface area contributed by atoms with Crippen molar-refractivity contribution < 1.29 is 21.5 Å². The maximum absolute atomic E-state index is 2.21. The summed E-state index contributed by atoms with van der Waals surface area (Å²) in [6, 6.07) is 8.43. The molecular formula is C13H17BrN2. The summed E-state index contributed by atoms with van der Waals surface area (Å²) >= 11 is 0. The predicted molar refractivity (Wildman–Crippen MR) is 61.0 cm³/mol. The molecule has 0 N–H and O–H groups in total. The van der Waals surface area contributed by atoms with Gasteiger partial charge in [0.2, 0.25) is 6.33 Å². The van der Waals surface area contributed by atoms with Gasteiger partial charge >= 0.3 is 0 Å². The first-order valence-corrected chi connectivity index (χ1v) is 5.44.